The molecule has 5 heteroatoms. The number of hydrogen-bond acceptors (Lipinski definition) is 3. The van der Waals surface area contributed by atoms with E-state index in [1.54, 1.807) is 4.90 Å². The smallest absolute Gasteiger partial charge is 0.407 e. The zero-order chi connectivity index (χ0) is 19.4. The molecule has 2 aliphatic rings. The van der Waals surface area contributed by atoms with Crippen LogP contribution in [0.1, 0.15) is 56.6 Å². The van der Waals surface area contributed by atoms with Gasteiger partial charge in [0.1, 0.15) is 0 Å². The fraction of sp³-hybridized carbons (Fsp3) is 0.636. The van der Waals surface area contributed by atoms with Crippen LogP contribution in [0.15, 0.2) is 24.3 Å². The van der Waals surface area contributed by atoms with Crippen LogP contribution in [0.3, 0.4) is 0 Å². The number of benzene rings is 1. The van der Waals surface area contributed by atoms with Crippen molar-refractivity contribution in [2.24, 2.45) is 0 Å². The van der Waals surface area contributed by atoms with Gasteiger partial charge in [0.25, 0.3) is 0 Å². The summed E-state index contributed by atoms with van der Waals surface area (Å²) in [5.41, 5.74) is 2.02. The number of carboxylic acid groups (broad SMARTS) is 1. The molecule has 3 rings (SSSR count). The van der Waals surface area contributed by atoms with Gasteiger partial charge in [0.05, 0.1) is 11.5 Å². The van der Waals surface area contributed by atoms with Crippen molar-refractivity contribution < 1.29 is 9.90 Å². The van der Waals surface area contributed by atoms with Crippen molar-refractivity contribution in [1.29, 1.82) is 5.26 Å². The zero-order valence-corrected chi connectivity index (χ0v) is 16.5. The molecule has 1 aliphatic carbocycles. The van der Waals surface area contributed by atoms with Crippen LogP contribution in [-0.4, -0.2) is 52.7 Å². The summed E-state index contributed by atoms with van der Waals surface area (Å²) in [4.78, 5) is 15.7. The number of nitrogens with zero attached hydrogens (tertiary/aromatic N) is 3. The van der Waals surface area contributed by atoms with E-state index in [2.05, 4.69) is 36.9 Å². The van der Waals surface area contributed by atoms with E-state index in [4.69, 9.17) is 0 Å². The molecule has 1 saturated heterocycles. The highest BCUT2D eigenvalue weighted by Crippen LogP contribution is 2.41. The second-order valence-electron chi connectivity index (χ2n) is 8.13. The highest BCUT2D eigenvalue weighted by Gasteiger charge is 2.40. The average molecular weight is 370 g/mol. The van der Waals surface area contributed by atoms with Crippen LogP contribution in [0.2, 0.25) is 0 Å². The Morgan fingerprint density at radius 3 is 2.59 bits per heavy atom. The minimum atomic E-state index is -0.796. The molecule has 27 heavy (non-hydrogen) atoms. The first-order chi connectivity index (χ1) is 13.0. The third-order valence-electron chi connectivity index (χ3n) is 6.65. The number of amides is 1. The molecule has 1 N–H and O–H groups in total. The first-order valence-electron chi connectivity index (χ1n) is 10.2. The van der Waals surface area contributed by atoms with E-state index < -0.39 is 6.09 Å². The van der Waals surface area contributed by atoms with Gasteiger partial charge in [-0.2, -0.15) is 5.26 Å². The van der Waals surface area contributed by atoms with Crippen molar-refractivity contribution in [2.45, 2.75) is 69.9 Å². The Balaban J connectivity index is 1.70. The van der Waals surface area contributed by atoms with Gasteiger partial charge in [-0.05, 0) is 56.6 Å². The van der Waals surface area contributed by atoms with E-state index in [0.717, 1.165) is 51.6 Å². The van der Waals surface area contributed by atoms with E-state index >= 15 is 0 Å². The topological polar surface area (TPSA) is 67.6 Å². The maximum Gasteiger partial charge on any atom is 0.407 e. The van der Waals surface area contributed by atoms with Crippen molar-refractivity contribution in [3.05, 3.63) is 35.4 Å². The molecule has 2 fully saturated rings. The Hall–Kier alpha value is -2.06. The molecule has 5 nitrogen and oxygen atoms in total. The number of hydrogen-bond donors (Lipinski definition) is 1. The molecule has 0 bridgehead atoms. The van der Waals surface area contributed by atoms with Crippen molar-refractivity contribution >= 4 is 6.09 Å². The largest absolute Gasteiger partial charge is 0.465 e. The average Bonchev–Trinajstić information content (AvgIpc) is 2.91. The van der Waals surface area contributed by atoms with Crippen molar-refractivity contribution in [3.63, 3.8) is 0 Å². The van der Waals surface area contributed by atoms with Gasteiger partial charge in [-0.15, -0.1) is 0 Å². The van der Waals surface area contributed by atoms with Crippen LogP contribution >= 0.6 is 0 Å². The molecule has 0 aromatic heterocycles. The summed E-state index contributed by atoms with van der Waals surface area (Å²) in [6.45, 7) is 6.57. The molecule has 1 unspecified atom stereocenters. The summed E-state index contributed by atoms with van der Waals surface area (Å²) in [6.07, 6.45) is 4.72. The first kappa shape index (κ1) is 19.7. The van der Waals surface area contributed by atoms with Gasteiger partial charge in [-0.25, -0.2) is 4.79 Å². The Bertz CT molecular complexity index is 704. The first-order valence-corrected chi connectivity index (χ1v) is 10.2. The van der Waals surface area contributed by atoms with Crippen LogP contribution in [0.4, 0.5) is 4.79 Å². The predicted molar refractivity (Wildman–Crippen MR) is 106 cm³/mol. The van der Waals surface area contributed by atoms with E-state index in [9.17, 15) is 15.2 Å². The second-order valence-corrected chi connectivity index (χ2v) is 8.13. The molecule has 1 aliphatic heterocycles. The molecule has 1 saturated carbocycles. The molecular weight excluding hydrogens is 338 g/mol. The fourth-order valence-electron chi connectivity index (χ4n) is 5.03. The maximum atomic E-state index is 11.5. The van der Waals surface area contributed by atoms with Crippen LogP contribution < -0.4 is 0 Å². The minimum Gasteiger partial charge on any atom is -0.465 e. The SMILES string of the molecule is CCC1CN(C2CCC(C#N)(c3ccccc3C)CC2)CCCN1C(=O)O. The molecule has 0 spiro atoms. The highest BCUT2D eigenvalue weighted by molar-refractivity contribution is 5.65. The lowest BCUT2D eigenvalue weighted by molar-refractivity contribution is 0.101. The lowest BCUT2D eigenvalue weighted by Gasteiger charge is -2.41. The van der Waals surface area contributed by atoms with Gasteiger partial charge >= 0.3 is 6.09 Å². The Kier molecular flexibility index (Phi) is 6.06. The third kappa shape index (κ3) is 3.96. The van der Waals surface area contributed by atoms with E-state index in [1.807, 2.05) is 12.1 Å². The molecule has 1 heterocycles. The summed E-state index contributed by atoms with van der Waals surface area (Å²) in [5.74, 6) is 0. The molecule has 1 aromatic rings. The maximum absolute atomic E-state index is 11.5. The third-order valence-corrected chi connectivity index (χ3v) is 6.65. The molecule has 0 radical (unpaired) electrons. The van der Waals surface area contributed by atoms with Gasteiger partial charge in [0, 0.05) is 31.7 Å². The summed E-state index contributed by atoms with van der Waals surface area (Å²) >= 11 is 0. The Morgan fingerprint density at radius 2 is 2.00 bits per heavy atom. The van der Waals surface area contributed by atoms with Crippen molar-refractivity contribution in [1.82, 2.24) is 9.80 Å². The van der Waals surface area contributed by atoms with Crippen LogP contribution in [0.25, 0.3) is 0 Å². The van der Waals surface area contributed by atoms with Gasteiger partial charge in [0.2, 0.25) is 0 Å². The van der Waals surface area contributed by atoms with Gasteiger partial charge in [0.15, 0.2) is 0 Å². The molecule has 146 valence electrons. The van der Waals surface area contributed by atoms with Gasteiger partial charge < -0.3 is 10.0 Å². The normalized spacial score (nSPS) is 29.7. The lowest BCUT2D eigenvalue weighted by Crippen LogP contribution is -2.48. The van der Waals surface area contributed by atoms with E-state index in [0.29, 0.717) is 12.6 Å². The van der Waals surface area contributed by atoms with E-state index in [1.165, 1.54) is 11.1 Å². The standard InChI is InChI=1S/C22H31N3O2/c1-3-18-15-24(13-6-14-25(18)21(26)27)19-9-11-22(16-23,12-10-19)20-8-5-4-7-17(20)2/h4-5,7-8,18-19H,3,6,9-15H2,1-2H3,(H,26,27). The monoisotopic (exact) mass is 369 g/mol. The highest BCUT2D eigenvalue weighted by atomic mass is 16.4. The van der Waals surface area contributed by atoms with Gasteiger partial charge in [-0.1, -0.05) is 31.2 Å². The predicted octanol–water partition coefficient (Wildman–Crippen LogP) is 4.16. The number of rotatable bonds is 3. The number of aryl methyl sites for hydroxylation is 1. The summed E-state index contributed by atoms with van der Waals surface area (Å²) < 4.78 is 0. The van der Waals surface area contributed by atoms with Crippen molar-refractivity contribution in [2.75, 3.05) is 19.6 Å². The summed E-state index contributed by atoms with van der Waals surface area (Å²) in [5, 5.41) is 19.5. The second kappa shape index (κ2) is 8.31. The van der Waals surface area contributed by atoms with Crippen molar-refractivity contribution in [3.8, 4) is 6.07 Å². The van der Waals surface area contributed by atoms with E-state index in [-0.39, 0.29) is 11.5 Å². The fourth-order valence-corrected chi connectivity index (χ4v) is 5.03. The van der Waals surface area contributed by atoms with Crippen LogP contribution in [0, 0.1) is 18.3 Å². The number of carbonyl (C=O) groups is 1. The van der Waals surface area contributed by atoms with Crippen LogP contribution in [-0.2, 0) is 5.41 Å². The summed E-state index contributed by atoms with van der Waals surface area (Å²) in [6, 6.07) is 11.5. The number of nitriles is 1. The Labute approximate surface area is 162 Å². The van der Waals surface area contributed by atoms with Crippen LogP contribution in [0.5, 0.6) is 0 Å². The summed E-state index contributed by atoms with van der Waals surface area (Å²) in [7, 11) is 0. The molecule has 1 aromatic carbocycles. The molecular formula is C22H31N3O2. The zero-order valence-electron chi connectivity index (χ0n) is 16.5. The minimum absolute atomic E-state index is 0.0732. The Morgan fingerprint density at radius 1 is 1.30 bits per heavy atom. The molecule has 1 atom stereocenters. The lowest BCUT2D eigenvalue weighted by atomic mass is 9.68. The van der Waals surface area contributed by atoms with Gasteiger partial charge in [-0.3, -0.25) is 4.90 Å². The molecule has 1 amide bonds. The quantitative estimate of drug-likeness (QED) is 0.868.